The number of fused-ring (bicyclic) bond motifs is 1. The van der Waals surface area contributed by atoms with E-state index in [0.29, 0.717) is 22.8 Å². The number of hydrogen-bond acceptors (Lipinski definition) is 10. The van der Waals surface area contributed by atoms with Crippen molar-refractivity contribution in [3.05, 3.63) is 94.4 Å². The summed E-state index contributed by atoms with van der Waals surface area (Å²) in [6, 6.07) is 14.7. The van der Waals surface area contributed by atoms with Gasteiger partial charge in [0, 0.05) is 24.0 Å². The Balaban J connectivity index is 1.52. The molecule has 15 heteroatoms. The first-order valence-electron chi connectivity index (χ1n) is 13.0. The molecule has 1 unspecified atom stereocenters. The van der Waals surface area contributed by atoms with E-state index in [4.69, 9.17) is 15.6 Å². The topological polar surface area (TPSA) is 188 Å². The number of amides is 1. The molecule has 0 saturated carbocycles. The maximum atomic E-state index is 13.7. The third-order valence-electron chi connectivity index (χ3n) is 6.48. The summed E-state index contributed by atoms with van der Waals surface area (Å²) in [5.41, 5.74) is 8.06. The predicted molar refractivity (Wildman–Crippen MR) is 163 cm³/mol. The number of hydrogen-bond donors (Lipinski definition) is 4. The van der Waals surface area contributed by atoms with E-state index in [1.54, 1.807) is 25.3 Å². The van der Waals surface area contributed by atoms with Crippen LogP contribution in [-0.4, -0.2) is 51.8 Å². The highest BCUT2D eigenvalue weighted by molar-refractivity contribution is 7.92. The van der Waals surface area contributed by atoms with E-state index in [2.05, 4.69) is 25.3 Å². The van der Waals surface area contributed by atoms with Crippen LogP contribution in [0.5, 0.6) is 5.75 Å². The lowest BCUT2D eigenvalue weighted by Gasteiger charge is -2.21. The third-order valence-corrected chi connectivity index (χ3v) is 7.08. The largest absolute Gasteiger partial charge is 0.497 e. The number of benzene rings is 2. The van der Waals surface area contributed by atoms with Crippen LogP contribution in [0.2, 0.25) is 0 Å². The molecule has 5 aromatic rings. The molecule has 0 bridgehead atoms. The Hall–Kier alpha value is -5.44. The molecule has 222 valence electrons. The number of rotatable bonds is 9. The average molecular weight is 604 g/mol. The highest BCUT2D eigenvalue weighted by Crippen LogP contribution is 2.28. The van der Waals surface area contributed by atoms with E-state index in [1.165, 1.54) is 40.7 Å². The third kappa shape index (κ3) is 6.11. The van der Waals surface area contributed by atoms with Gasteiger partial charge in [-0.25, -0.2) is 22.9 Å². The van der Waals surface area contributed by atoms with Gasteiger partial charge < -0.3 is 21.1 Å². The van der Waals surface area contributed by atoms with Crippen molar-refractivity contribution in [3.63, 3.8) is 0 Å². The van der Waals surface area contributed by atoms with Crippen molar-refractivity contribution in [2.24, 2.45) is 0 Å². The Morgan fingerprint density at radius 2 is 1.79 bits per heavy atom. The summed E-state index contributed by atoms with van der Waals surface area (Å²) in [5.74, 6) is -0.0332. The zero-order chi connectivity index (χ0) is 30.9. The maximum Gasteiger partial charge on any atom is 0.282 e. The normalized spacial score (nSPS) is 12.1. The van der Waals surface area contributed by atoms with Crippen LogP contribution in [0.3, 0.4) is 0 Å². The van der Waals surface area contributed by atoms with E-state index in [9.17, 15) is 18.0 Å². The van der Waals surface area contributed by atoms with Crippen LogP contribution in [-0.2, 0) is 10.0 Å². The van der Waals surface area contributed by atoms with Crippen molar-refractivity contribution in [1.82, 2.24) is 24.1 Å². The van der Waals surface area contributed by atoms with Crippen molar-refractivity contribution in [1.29, 1.82) is 0 Å². The highest BCUT2D eigenvalue weighted by atomic mass is 32.2. The van der Waals surface area contributed by atoms with Gasteiger partial charge in [0.2, 0.25) is 10.0 Å². The van der Waals surface area contributed by atoms with Crippen LogP contribution < -0.4 is 31.4 Å². The molecule has 0 spiro atoms. The van der Waals surface area contributed by atoms with E-state index < -0.39 is 22.0 Å². The number of carbonyl (C=O) groups is 1. The first-order valence-corrected chi connectivity index (χ1v) is 14.9. The summed E-state index contributed by atoms with van der Waals surface area (Å²) in [4.78, 5) is 35.5. The summed E-state index contributed by atoms with van der Waals surface area (Å²) in [5, 5.41) is 10.6. The lowest BCUT2D eigenvalue weighted by atomic mass is 10.2. The van der Waals surface area contributed by atoms with Gasteiger partial charge in [0.25, 0.3) is 11.5 Å². The lowest BCUT2D eigenvalue weighted by molar-refractivity contribution is 0.102. The molecule has 0 aliphatic carbocycles. The second kappa shape index (κ2) is 11.4. The monoisotopic (exact) mass is 603 g/mol. The van der Waals surface area contributed by atoms with Crippen LogP contribution in [0.15, 0.2) is 71.9 Å². The number of aromatic nitrogens is 5. The van der Waals surface area contributed by atoms with Crippen molar-refractivity contribution in [2.75, 3.05) is 34.5 Å². The zero-order valence-corrected chi connectivity index (χ0v) is 24.5. The minimum absolute atomic E-state index is 0.0683. The van der Waals surface area contributed by atoms with Gasteiger partial charge in [-0.3, -0.25) is 18.9 Å². The van der Waals surface area contributed by atoms with Gasteiger partial charge in [0.05, 0.1) is 30.8 Å². The number of sulfonamides is 1. The van der Waals surface area contributed by atoms with Gasteiger partial charge in [0.15, 0.2) is 5.82 Å². The first-order chi connectivity index (χ1) is 20.4. The highest BCUT2D eigenvalue weighted by Gasteiger charge is 2.24. The van der Waals surface area contributed by atoms with Crippen LogP contribution >= 0.6 is 0 Å². The molecule has 0 radical (unpaired) electrons. The molecule has 43 heavy (non-hydrogen) atoms. The van der Waals surface area contributed by atoms with Gasteiger partial charge in [-0.15, -0.1) is 0 Å². The maximum absolute atomic E-state index is 13.7. The second-order valence-electron chi connectivity index (χ2n) is 9.75. The SMILES string of the molecule is COc1cc(NC(=O)c2c(N)ncnc2NC(C)c2nn3ccc(C)c3c(=O)n2-c2ccccc2)cc(NS(C)(=O)=O)c1. The van der Waals surface area contributed by atoms with Gasteiger partial charge in [-0.2, -0.15) is 5.10 Å². The van der Waals surface area contributed by atoms with E-state index in [0.717, 1.165) is 11.8 Å². The molecule has 2 aromatic carbocycles. The van der Waals surface area contributed by atoms with Crippen molar-refractivity contribution >= 4 is 44.5 Å². The smallest absolute Gasteiger partial charge is 0.282 e. The number of nitrogens with one attached hydrogen (secondary N) is 3. The lowest BCUT2D eigenvalue weighted by Crippen LogP contribution is -2.30. The molecule has 0 aliphatic rings. The fraction of sp³-hybridized carbons (Fsp3) is 0.179. The van der Waals surface area contributed by atoms with Crippen molar-refractivity contribution in [3.8, 4) is 11.4 Å². The Morgan fingerprint density at radius 3 is 2.49 bits per heavy atom. The Kier molecular flexibility index (Phi) is 7.74. The molecule has 3 aromatic heterocycles. The van der Waals surface area contributed by atoms with E-state index in [-0.39, 0.29) is 34.1 Å². The van der Waals surface area contributed by atoms with E-state index >= 15 is 0 Å². The van der Waals surface area contributed by atoms with Crippen LogP contribution in [0.1, 0.15) is 34.7 Å². The summed E-state index contributed by atoms with van der Waals surface area (Å²) in [6.07, 6.45) is 3.92. The summed E-state index contributed by atoms with van der Waals surface area (Å²) in [6.45, 7) is 3.61. The molecule has 0 saturated heterocycles. The summed E-state index contributed by atoms with van der Waals surface area (Å²) in [7, 11) is -2.18. The molecular formula is C28H29N9O5S. The van der Waals surface area contributed by atoms with Crippen molar-refractivity contribution < 1.29 is 17.9 Å². The fourth-order valence-electron chi connectivity index (χ4n) is 4.60. The summed E-state index contributed by atoms with van der Waals surface area (Å²) < 4.78 is 34.2. The fourth-order valence-corrected chi connectivity index (χ4v) is 5.14. The molecule has 0 aliphatic heterocycles. The van der Waals surface area contributed by atoms with Crippen LogP contribution in [0.25, 0.3) is 11.2 Å². The number of nitrogens with zero attached hydrogens (tertiary/aromatic N) is 5. The van der Waals surface area contributed by atoms with Gasteiger partial charge in [0.1, 0.15) is 34.8 Å². The number of aryl methyl sites for hydroxylation is 1. The number of anilines is 4. The Bertz CT molecular complexity index is 2010. The van der Waals surface area contributed by atoms with Gasteiger partial charge >= 0.3 is 0 Å². The zero-order valence-electron chi connectivity index (χ0n) is 23.7. The molecular weight excluding hydrogens is 574 g/mol. The van der Waals surface area contributed by atoms with E-state index in [1.807, 2.05) is 31.2 Å². The molecule has 3 heterocycles. The number of para-hydroxylation sites is 1. The standard InChI is InChI=1S/C28H29N9O5S/c1-16-10-11-36-23(16)28(39)37(20-8-6-5-7-9-20)26(34-36)17(2)32-25-22(24(29)30-15-31-25)27(38)33-18-12-19(35-43(4,40)41)14-21(13-18)42-3/h5-15,17,35H,1-4H3,(H,33,38)(H3,29,30,31,32). The molecule has 5 N–H and O–H groups in total. The molecule has 14 nitrogen and oxygen atoms in total. The second-order valence-corrected chi connectivity index (χ2v) is 11.5. The molecule has 5 rings (SSSR count). The quantitative estimate of drug-likeness (QED) is 0.195. The van der Waals surface area contributed by atoms with Gasteiger partial charge in [-0.1, -0.05) is 18.2 Å². The number of nitrogen functional groups attached to an aromatic ring is 1. The number of carbonyl (C=O) groups excluding carboxylic acids is 1. The molecule has 0 fully saturated rings. The van der Waals surface area contributed by atoms with Gasteiger partial charge in [-0.05, 0) is 43.7 Å². The average Bonchev–Trinajstić information content (AvgIpc) is 3.33. The minimum Gasteiger partial charge on any atom is -0.497 e. The van der Waals surface area contributed by atoms with Crippen LogP contribution in [0, 0.1) is 6.92 Å². The first kappa shape index (κ1) is 29.1. The number of ether oxygens (including phenoxy) is 1. The number of nitrogens with two attached hydrogens (primary N) is 1. The van der Waals surface area contributed by atoms with Crippen LogP contribution in [0.4, 0.5) is 23.0 Å². The van der Waals surface area contributed by atoms with Crippen molar-refractivity contribution in [2.45, 2.75) is 19.9 Å². The summed E-state index contributed by atoms with van der Waals surface area (Å²) >= 11 is 0. The Morgan fingerprint density at radius 1 is 1.07 bits per heavy atom. The molecule has 1 atom stereocenters. The molecule has 1 amide bonds. The Labute approximate surface area is 246 Å². The number of methoxy groups -OCH3 is 1. The predicted octanol–water partition coefficient (Wildman–Crippen LogP) is 2.97. The minimum atomic E-state index is -3.59.